The van der Waals surface area contributed by atoms with Crippen molar-refractivity contribution in [1.29, 1.82) is 0 Å². The van der Waals surface area contributed by atoms with Crippen LogP contribution in [-0.2, 0) is 5.41 Å². The molecule has 5 nitrogen and oxygen atoms in total. The lowest BCUT2D eigenvalue weighted by molar-refractivity contribution is 0.202. The number of hydrogen-bond acceptors (Lipinski definition) is 2. The van der Waals surface area contributed by atoms with Gasteiger partial charge in [0.2, 0.25) is 0 Å². The van der Waals surface area contributed by atoms with E-state index < -0.39 is 0 Å². The Morgan fingerprint density at radius 3 is 2.32 bits per heavy atom. The number of benzene rings is 1. The van der Waals surface area contributed by atoms with Gasteiger partial charge >= 0.3 is 6.03 Å². The number of rotatable bonds is 4. The van der Waals surface area contributed by atoms with E-state index in [4.69, 9.17) is 0 Å². The first-order valence-electron chi connectivity index (χ1n) is 9.68. The lowest BCUT2D eigenvalue weighted by Gasteiger charge is -2.20. The van der Waals surface area contributed by atoms with Gasteiger partial charge in [0.25, 0.3) is 5.56 Å². The van der Waals surface area contributed by atoms with Crippen molar-refractivity contribution in [3.05, 3.63) is 75.2 Å². The maximum atomic E-state index is 12.2. The molecule has 150 valence electrons. The molecular weight excluding hydrogens is 350 g/mol. The van der Waals surface area contributed by atoms with E-state index in [1.165, 1.54) is 5.56 Å². The number of pyridine rings is 1. The van der Waals surface area contributed by atoms with Crippen LogP contribution >= 0.6 is 0 Å². The fourth-order valence-corrected chi connectivity index (χ4v) is 3.31. The SMILES string of the molecule is Cc1ccc(/C(=C/CN2CCN(C)C2=O)c2ccc(C(C)(C)C)cc2)[nH]c1=O.[HH]. The second-order valence-corrected chi connectivity index (χ2v) is 8.48. The molecule has 2 amide bonds. The number of carbonyl (C=O) groups is 1. The van der Waals surface area contributed by atoms with E-state index in [9.17, 15) is 9.59 Å². The van der Waals surface area contributed by atoms with Crippen molar-refractivity contribution in [2.75, 3.05) is 26.7 Å². The molecule has 0 spiro atoms. The van der Waals surface area contributed by atoms with Gasteiger partial charge in [0.1, 0.15) is 0 Å². The summed E-state index contributed by atoms with van der Waals surface area (Å²) in [4.78, 5) is 30.9. The zero-order valence-electron chi connectivity index (χ0n) is 17.4. The first-order valence-corrected chi connectivity index (χ1v) is 9.68. The number of likely N-dealkylation sites (N-methyl/N-ethyl adjacent to an activating group) is 1. The lowest BCUT2D eigenvalue weighted by Crippen LogP contribution is -2.29. The maximum Gasteiger partial charge on any atom is 0.320 e. The van der Waals surface area contributed by atoms with Crippen molar-refractivity contribution in [2.45, 2.75) is 33.1 Å². The highest BCUT2D eigenvalue weighted by molar-refractivity contribution is 5.80. The summed E-state index contributed by atoms with van der Waals surface area (Å²) >= 11 is 0. The molecule has 0 aliphatic carbocycles. The summed E-state index contributed by atoms with van der Waals surface area (Å²) in [6.45, 7) is 10.3. The van der Waals surface area contributed by atoms with Crippen molar-refractivity contribution in [1.82, 2.24) is 14.8 Å². The van der Waals surface area contributed by atoms with Gasteiger partial charge in [-0.15, -0.1) is 0 Å². The zero-order chi connectivity index (χ0) is 20.5. The average Bonchev–Trinajstić information content (AvgIpc) is 2.96. The Morgan fingerprint density at radius 1 is 1.11 bits per heavy atom. The van der Waals surface area contributed by atoms with Crippen molar-refractivity contribution < 1.29 is 6.22 Å². The maximum absolute atomic E-state index is 12.2. The Morgan fingerprint density at radius 2 is 1.79 bits per heavy atom. The van der Waals surface area contributed by atoms with Crippen LogP contribution < -0.4 is 5.56 Å². The Bertz CT molecular complexity index is 955. The molecule has 1 aromatic carbocycles. The highest BCUT2D eigenvalue weighted by Gasteiger charge is 2.24. The second kappa shape index (κ2) is 7.66. The molecule has 1 saturated heterocycles. The van der Waals surface area contributed by atoms with Crippen molar-refractivity contribution in [2.24, 2.45) is 0 Å². The van der Waals surface area contributed by atoms with Crippen LogP contribution in [0, 0.1) is 6.92 Å². The van der Waals surface area contributed by atoms with Crippen LogP contribution in [0.2, 0.25) is 0 Å². The molecule has 0 atom stereocenters. The average molecular weight is 382 g/mol. The van der Waals surface area contributed by atoms with Crippen LogP contribution in [0.3, 0.4) is 0 Å². The lowest BCUT2D eigenvalue weighted by atomic mass is 9.86. The van der Waals surface area contributed by atoms with Gasteiger partial charge in [0.15, 0.2) is 0 Å². The topological polar surface area (TPSA) is 56.4 Å². The van der Waals surface area contributed by atoms with Crippen molar-refractivity contribution in [3.8, 4) is 0 Å². The predicted octanol–water partition coefficient (Wildman–Crippen LogP) is 4.03. The van der Waals surface area contributed by atoms with Gasteiger partial charge < -0.3 is 14.8 Å². The molecule has 28 heavy (non-hydrogen) atoms. The summed E-state index contributed by atoms with van der Waals surface area (Å²) in [6, 6.07) is 12.2. The molecular formula is C23H31N3O2. The van der Waals surface area contributed by atoms with Crippen LogP contribution in [0.5, 0.6) is 0 Å². The summed E-state index contributed by atoms with van der Waals surface area (Å²) in [5, 5.41) is 0. The van der Waals surface area contributed by atoms with Crippen LogP contribution in [0.15, 0.2) is 47.3 Å². The number of urea groups is 1. The number of nitrogens with one attached hydrogen (secondary N) is 1. The number of aromatic amines is 1. The molecule has 1 fully saturated rings. The highest BCUT2D eigenvalue weighted by Crippen LogP contribution is 2.27. The van der Waals surface area contributed by atoms with Crippen LogP contribution in [-0.4, -0.2) is 47.5 Å². The molecule has 3 rings (SSSR count). The fraction of sp³-hybridized carbons (Fsp3) is 0.391. The molecule has 1 aromatic heterocycles. The van der Waals surface area contributed by atoms with E-state index in [0.29, 0.717) is 18.7 Å². The van der Waals surface area contributed by atoms with Gasteiger partial charge in [0.05, 0.1) is 0 Å². The Balaban J connectivity index is 0.00000300. The number of carbonyl (C=O) groups excluding carboxylic acids is 1. The molecule has 1 aliphatic heterocycles. The minimum Gasteiger partial charge on any atom is -0.326 e. The van der Waals surface area contributed by atoms with Gasteiger partial charge in [-0.25, -0.2) is 4.79 Å². The molecule has 2 heterocycles. The standard InChI is InChI=1S/C23H29N3O2.H2/c1-16-6-11-20(24-21(16)27)19(12-13-26-15-14-25(5)22(26)28)17-7-9-18(10-8-17)23(2,3)4;/h6-12H,13-15H2,1-5H3,(H,24,27);1H/b19-12+;. The third kappa shape index (κ3) is 4.19. The number of hydrogen-bond donors (Lipinski definition) is 1. The molecule has 5 heteroatoms. The quantitative estimate of drug-likeness (QED) is 0.869. The molecule has 1 N–H and O–H groups in total. The minimum absolute atomic E-state index is 0. The van der Waals surface area contributed by atoms with Gasteiger partial charge in [0, 0.05) is 44.9 Å². The number of aromatic nitrogens is 1. The van der Waals surface area contributed by atoms with E-state index in [-0.39, 0.29) is 18.4 Å². The number of H-pyrrole nitrogens is 1. The van der Waals surface area contributed by atoms with E-state index in [1.54, 1.807) is 11.8 Å². The largest absolute Gasteiger partial charge is 0.326 e. The normalized spacial score (nSPS) is 15.5. The van der Waals surface area contributed by atoms with Gasteiger partial charge in [-0.1, -0.05) is 57.2 Å². The van der Waals surface area contributed by atoms with Crippen molar-refractivity contribution >= 4 is 11.6 Å². The monoisotopic (exact) mass is 381 g/mol. The van der Waals surface area contributed by atoms with Crippen LogP contribution in [0.4, 0.5) is 4.79 Å². The number of aryl methyl sites for hydroxylation is 1. The fourth-order valence-electron chi connectivity index (χ4n) is 3.31. The molecule has 0 saturated carbocycles. The van der Waals surface area contributed by atoms with Crippen LogP contribution in [0.25, 0.3) is 5.57 Å². The Kier molecular flexibility index (Phi) is 5.45. The Labute approximate surface area is 168 Å². The molecule has 0 radical (unpaired) electrons. The van der Waals surface area contributed by atoms with Crippen molar-refractivity contribution in [3.63, 3.8) is 0 Å². The summed E-state index contributed by atoms with van der Waals surface area (Å²) in [5.41, 5.74) is 4.64. The minimum atomic E-state index is -0.0910. The number of nitrogens with zero attached hydrogens (tertiary/aromatic N) is 2. The first-order chi connectivity index (χ1) is 13.2. The van der Waals surface area contributed by atoms with Gasteiger partial charge in [-0.05, 0) is 29.5 Å². The second-order valence-electron chi connectivity index (χ2n) is 8.48. The van der Waals surface area contributed by atoms with Gasteiger partial charge in [-0.3, -0.25) is 4.79 Å². The predicted molar refractivity (Wildman–Crippen MR) is 116 cm³/mol. The highest BCUT2D eigenvalue weighted by atomic mass is 16.2. The van der Waals surface area contributed by atoms with E-state index in [0.717, 1.165) is 23.4 Å². The summed E-state index contributed by atoms with van der Waals surface area (Å²) in [6.07, 6.45) is 2.03. The summed E-state index contributed by atoms with van der Waals surface area (Å²) in [7, 11) is 1.82. The molecule has 2 aromatic rings. The smallest absolute Gasteiger partial charge is 0.320 e. The van der Waals surface area contributed by atoms with E-state index in [2.05, 4.69) is 50.0 Å². The van der Waals surface area contributed by atoms with E-state index >= 15 is 0 Å². The Hall–Kier alpha value is -2.82. The van der Waals surface area contributed by atoms with E-state index in [1.807, 2.05) is 30.2 Å². The first kappa shape index (κ1) is 19.9. The molecule has 1 aliphatic rings. The van der Waals surface area contributed by atoms with Crippen LogP contribution in [0.1, 0.15) is 44.6 Å². The third-order valence-corrected chi connectivity index (χ3v) is 5.28. The summed E-state index contributed by atoms with van der Waals surface area (Å²) in [5.74, 6) is 0. The zero-order valence-corrected chi connectivity index (χ0v) is 17.4. The molecule has 0 unspecified atom stereocenters. The molecule has 0 bridgehead atoms. The number of amides is 2. The summed E-state index contributed by atoms with van der Waals surface area (Å²) < 4.78 is 0. The van der Waals surface area contributed by atoms with Gasteiger partial charge in [-0.2, -0.15) is 0 Å². The third-order valence-electron chi connectivity index (χ3n) is 5.28.